The predicted molar refractivity (Wildman–Crippen MR) is 126 cm³/mol. The fourth-order valence-corrected chi connectivity index (χ4v) is 5.95. The fourth-order valence-electron chi connectivity index (χ4n) is 4.01. The summed E-state index contributed by atoms with van der Waals surface area (Å²) in [4.78, 5) is 4.54. The minimum atomic E-state index is -3.63. The molecule has 0 saturated heterocycles. The van der Waals surface area contributed by atoms with Crippen molar-refractivity contribution in [3.8, 4) is 0 Å². The van der Waals surface area contributed by atoms with Crippen LogP contribution in [0.15, 0.2) is 41.6 Å². The quantitative estimate of drug-likeness (QED) is 0.400. The van der Waals surface area contributed by atoms with E-state index in [2.05, 4.69) is 25.8 Å². The van der Waals surface area contributed by atoms with Gasteiger partial charge in [-0.05, 0) is 44.2 Å². The second-order valence-electron chi connectivity index (χ2n) is 8.22. The number of hydrogen-bond donors (Lipinski definition) is 1. The van der Waals surface area contributed by atoms with E-state index in [0.29, 0.717) is 11.4 Å². The molecule has 0 saturated carbocycles. The third-order valence-electron chi connectivity index (χ3n) is 5.88. The topological polar surface area (TPSA) is 76.3 Å². The highest BCUT2D eigenvalue weighted by Gasteiger charge is 2.32. The Morgan fingerprint density at radius 2 is 1.80 bits per heavy atom. The van der Waals surface area contributed by atoms with E-state index >= 15 is 0 Å². The molecule has 2 rings (SSSR count). The number of pyridine rings is 1. The molecule has 168 valence electrons. The summed E-state index contributed by atoms with van der Waals surface area (Å²) in [5.74, 6) is 0. The first-order valence-corrected chi connectivity index (χ1v) is 13.0. The Labute approximate surface area is 183 Å². The summed E-state index contributed by atoms with van der Waals surface area (Å²) in [6.07, 6.45) is 12.0. The Kier molecular flexibility index (Phi) is 10.2. The number of benzene rings is 1. The lowest BCUT2D eigenvalue weighted by molar-refractivity contribution is 0.272. The van der Waals surface area contributed by atoms with Gasteiger partial charge in [0.2, 0.25) is 10.0 Å². The van der Waals surface area contributed by atoms with Crippen molar-refractivity contribution in [2.24, 2.45) is 5.73 Å². The smallest absolute Gasteiger partial charge is 0.243 e. The lowest BCUT2D eigenvalue weighted by atomic mass is 10.0. The van der Waals surface area contributed by atoms with E-state index in [-0.39, 0.29) is 12.1 Å². The SMILES string of the molecule is CCCCCCN(C(CCC)CCC(N)CC)S(=O)(=O)c1cccc2cnccc12. The summed E-state index contributed by atoms with van der Waals surface area (Å²) in [7, 11) is -3.63. The highest BCUT2D eigenvalue weighted by Crippen LogP contribution is 2.29. The van der Waals surface area contributed by atoms with Crippen LogP contribution in [0, 0.1) is 0 Å². The second-order valence-corrected chi connectivity index (χ2v) is 10.1. The number of aromatic nitrogens is 1. The van der Waals surface area contributed by atoms with Gasteiger partial charge in [0, 0.05) is 41.8 Å². The zero-order valence-electron chi connectivity index (χ0n) is 18.9. The minimum absolute atomic E-state index is 0.0173. The van der Waals surface area contributed by atoms with Crippen LogP contribution in [-0.2, 0) is 10.0 Å². The molecule has 0 aliphatic rings. The standard InChI is InChI=1S/C24H39N3O2S/c1-4-7-8-9-18-27(22(11-5-2)15-14-21(25)6-3)30(28,29)24-13-10-12-20-19-26-17-16-23(20)24/h10,12-13,16-17,19,21-22H,4-9,11,14-15,18,25H2,1-3H3. The normalized spacial score (nSPS) is 14.3. The molecule has 2 aromatic rings. The maximum atomic E-state index is 13.9. The van der Waals surface area contributed by atoms with Crippen LogP contribution in [0.1, 0.15) is 78.6 Å². The molecule has 30 heavy (non-hydrogen) atoms. The Bertz CT molecular complexity index is 864. The van der Waals surface area contributed by atoms with Crippen molar-refractivity contribution in [3.05, 3.63) is 36.7 Å². The van der Waals surface area contributed by atoms with Gasteiger partial charge in [0.05, 0.1) is 4.90 Å². The second kappa shape index (κ2) is 12.4. The number of nitrogens with zero attached hydrogens (tertiary/aromatic N) is 2. The van der Waals surface area contributed by atoms with Crippen molar-refractivity contribution < 1.29 is 8.42 Å². The predicted octanol–water partition coefficient (Wildman–Crippen LogP) is 5.49. The third kappa shape index (κ3) is 6.50. The maximum Gasteiger partial charge on any atom is 0.243 e. The van der Waals surface area contributed by atoms with E-state index in [1.165, 1.54) is 0 Å². The van der Waals surface area contributed by atoms with E-state index in [1.54, 1.807) is 28.8 Å². The minimum Gasteiger partial charge on any atom is -0.328 e. The van der Waals surface area contributed by atoms with Crippen LogP contribution in [0.2, 0.25) is 0 Å². The van der Waals surface area contributed by atoms with Gasteiger partial charge in [-0.15, -0.1) is 0 Å². The Balaban J connectivity index is 2.41. The van der Waals surface area contributed by atoms with Crippen LogP contribution in [-0.4, -0.2) is 36.3 Å². The van der Waals surface area contributed by atoms with Crippen LogP contribution in [0.3, 0.4) is 0 Å². The molecule has 0 bridgehead atoms. The van der Waals surface area contributed by atoms with E-state index in [4.69, 9.17) is 5.73 Å². The van der Waals surface area contributed by atoms with Crippen LogP contribution < -0.4 is 5.73 Å². The molecule has 0 spiro atoms. The van der Waals surface area contributed by atoms with Gasteiger partial charge in [-0.3, -0.25) is 4.98 Å². The molecular weight excluding hydrogens is 394 g/mol. The molecule has 2 N–H and O–H groups in total. The lowest BCUT2D eigenvalue weighted by Crippen LogP contribution is -2.42. The molecular formula is C24H39N3O2S. The Morgan fingerprint density at radius 3 is 2.50 bits per heavy atom. The number of unbranched alkanes of at least 4 members (excludes halogenated alkanes) is 3. The Morgan fingerprint density at radius 1 is 1.00 bits per heavy atom. The summed E-state index contributed by atoms with van der Waals surface area (Å²) >= 11 is 0. The highest BCUT2D eigenvalue weighted by molar-refractivity contribution is 7.89. The average Bonchev–Trinajstić information content (AvgIpc) is 2.76. The molecule has 6 heteroatoms. The van der Waals surface area contributed by atoms with Gasteiger partial charge in [0.15, 0.2) is 0 Å². The number of sulfonamides is 1. The zero-order chi connectivity index (χ0) is 22.0. The van der Waals surface area contributed by atoms with E-state index in [9.17, 15) is 8.42 Å². The van der Waals surface area contributed by atoms with E-state index < -0.39 is 10.0 Å². The lowest BCUT2D eigenvalue weighted by Gasteiger charge is -2.32. The first-order valence-electron chi connectivity index (χ1n) is 11.6. The van der Waals surface area contributed by atoms with Crippen LogP contribution in [0.25, 0.3) is 10.8 Å². The first-order chi connectivity index (χ1) is 14.5. The first kappa shape index (κ1) is 24.8. The van der Waals surface area contributed by atoms with Crippen LogP contribution >= 0.6 is 0 Å². The van der Waals surface area contributed by atoms with Crippen molar-refractivity contribution >= 4 is 20.8 Å². The monoisotopic (exact) mass is 433 g/mol. The molecule has 0 aliphatic heterocycles. The fraction of sp³-hybridized carbons (Fsp3) is 0.625. The van der Waals surface area contributed by atoms with Gasteiger partial charge >= 0.3 is 0 Å². The van der Waals surface area contributed by atoms with Crippen molar-refractivity contribution in [3.63, 3.8) is 0 Å². The van der Waals surface area contributed by atoms with Gasteiger partial charge in [-0.25, -0.2) is 8.42 Å². The average molecular weight is 434 g/mol. The van der Waals surface area contributed by atoms with E-state index in [1.807, 2.05) is 12.1 Å². The molecule has 0 radical (unpaired) electrons. The summed E-state index contributed by atoms with van der Waals surface area (Å²) in [6, 6.07) is 7.37. The number of rotatable bonds is 14. The maximum absolute atomic E-state index is 13.9. The zero-order valence-corrected chi connectivity index (χ0v) is 19.7. The molecule has 0 amide bonds. The molecule has 0 aliphatic carbocycles. The molecule has 1 aromatic carbocycles. The van der Waals surface area contributed by atoms with Gasteiger partial charge < -0.3 is 5.73 Å². The summed E-state index contributed by atoms with van der Waals surface area (Å²) in [6.45, 7) is 6.95. The Hall–Kier alpha value is -1.50. The number of hydrogen-bond acceptors (Lipinski definition) is 4. The van der Waals surface area contributed by atoms with E-state index in [0.717, 1.165) is 68.6 Å². The van der Waals surface area contributed by atoms with Gasteiger partial charge in [-0.1, -0.05) is 58.6 Å². The van der Waals surface area contributed by atoms with Gasteiger partial charge in [0.1, 0.15) is 0 Å². The molecule has 0 fully saturated rings. The van der Waals surface area contributed by atoms with Crippen molar-refractivity contribution in [2.75, 3.05) is 6.54 Å². The molecule has 2 atom stereocenters. The van der Waals surface area contributed by atoms with Crippen molar-refractivity contribution in [1.82, 2.24) is 9.29 Å². The van der Waals surface area contributed by atoms with Crippen LogP contribution in [0.5, 0.6) is 0 Å². The van der Waals surface area contributed by atoms with Gasteiger partial charge in [0.25, 0.3) is 0 Å². The molecule has 5 nitrogen and oxygen atoms in total. The molecule has 1 aromatic heterocycles. The summed E-state index contributed by atoms with van der Waals surface area (Å²) in [5.41, 5.74) is 6.18. The highest BCUT2D eigenvalue weighted by atomic mass is 32.2. The number of fused-ring (bicyclic) bond motifs is 1. The van der Waals surface area contributed by atoms with Crippen molar-refractivity contribution in [1.29, 1.82) is 0 Å². The molecule has 2 unspecified atom stereocenters. The molecule has 1 heterocycles. The largest absolute Gasteiger partial charge is 0.328 e. The summed E-state index contributed by atoms with van der Waals surface area (Å²) in [5, 5.41) is 1.59. The van der Waals surface area contributed by atoms with Crippen molar-refractivity contribution in [2.45, 2.75) is 95.5 Å². The van der Waals surface area contributed by atoms with Gasteiger partial charge in [-0.2, -0.15) is 4.31 Å². The summed E-state index contributed by atoms with van der Waals surface area (Å²) < 4.78 is 29.6. The number of nitrogens with two attached hydrogens (primary N) is 1. The third-order valence-corrected chi connectivity index (χ3v) is 7.89. The van der Waals surface area contributed by atoms with Crippen LogP contribution in [0.4, 0.5) is 0 Å².